The van der Waals surface area contributed by atoms with Crippen molar-refractivity contribution in [2.24, 2.45) is 0 Å². The highest BCUT2D eigenvalue weighted by Crippen LogP contribution is 2.45. The van der Waals surface area contributed by atoms with Crippen LogP contribution < -0.4 is 0 Å². The Hall–Kier alpha value is -8.08. The maximum absolute atomic E-state index is 5.14. The third kappa shape index (κ3) is 7.08. The van der Waals surface area contributed by atoms with Crippen molar-refractivity contribution in [2.75, 3.05) is 0 Å². The number of rotatable bonds is 8. The normalized spacial score (nSPS) is 12.4. The van der Waals surface area contributed by atoms with E-state index in [-0.39, 0.29) is 0 Å². The number of aromatic nitrogens is 4. The van der Waals surface area contributed by atoms with Gasteiger partial charge >= 0.3 is 0 Å². The first-order valence-corrected chi connectivity index (χ1v) is 21.2. The van der Waals surface area contributed by atoms with Crippen LogP contribution in [-0.4, -0.2) is 19.9 Å². The van der Waals surface area contributed by atoms with E-state index in [9.17, 15) is 0 Å². The van der Waals surface area contributed by atoms with E-state index in [1.54, 1.807) is 0 Å². The van der Waals surface area contributed by atoms with Crippen LogP contribution in [0.1, 0.15) is 18.5 Å². The van der Waals surface area contributed by atoms with Gasteiger partial charge in [0.1, 0.15) is 0 Å². The van der Waals surface area contributed by atoms with Gasteiger partial charge in [0.2, 0.25) is 0 Å². The molecular weight excluding hydrogens is 753 g/mol. The van der Waals surface area contributed by atoms with Gasteiger partial charge in [-0.3, -0.25) is 0 Å². The molecule has 0 saturated heterocycles. The second-order valence-corrected chi connectivity index (χ2v) is 15.7. The molecule has 0 bridgehead atoms. The molecule has 292 valence electrons. The van der Waals surface area contributed by atoms with Crippen molar-refractivity contribution in [3.8, 4) is 78.8 Å². The summed E-state index contributed by atoms with van der Waals surface area (Å²) in [4.78, 5) is 20.3. The molecule has 8 aromatic carbocycles. The van der Waals surface area contributed by atoms with E-state index < -0.39 is 0 Å². The Morgan fingerprint density at radius 3 is 1.10 bits per heavy atom. The summed E-state index contributed by atoms with van der Waals surface area (Å²) in [5.41, 5.74) is 14.7. The van der Waals surface area contributed by atoms with E-state index in [2.05, 4.69) is 176 Å². The summed E-state index contributed by atoms with van der Waals surface area (Å²) in [6.07, 6.45) is 8.50. The number of nitrogens with zero attached hydrogens (tertiary/aromatic N) is 4. The van der Waals surface area contributed by atoms with Crippen LogP contribution in [0.2, 0.25) is 0 Å². The van der Waals surface area contributed by atoms with Gasteiger partial charge in [0.15, 0.2) is 11.6 Å². The van der Waals surface area contributed by atoms with Crippen LogP contribution in [0.25, 0.3) is 106 Å². The van der Waals surface area contributed by atoms with Gasteiger partial charge in [-0.2, -0.15) is 0 Å². The summed E-state index contributed by atoms with van der Waals surface area (Å²) in [5.74, 6) is 1.44. The molecule has 4 heteroatoms. The number of fused-ring (bicyclic) bond motifs is 3. The van der Waals surface area contributed by atoms with Crippen LogP contribution in [-0.2, 0) is 0 Å². The minimum atomic E-state index is 0.704. The van der Waals surface area contributed by atoms with Gasteiger partial charge in [-0.15, -0.1) is 0 Å². The zero-order chi connectivity index (χ0) is 41.2. The Morgan fingerprint density at radius 1 is 0.306 bits per heavy atom. The van der Waals surface area contributed by atoms with Crippen molar-refractivity contribution in [3.05, 3.63) is 224 Å². The molecule has 0 saturated carbocycles. The van der Waals surface area contributed by atoms with E-state index in [0.717, 1.165) is 80.4 Å². The lowest BCUT2D eigenvalue weighted by Gasteiger charge is -2.19. The van der Waals surface area contributed by atoms with Crippen molar-refractivity contribution in [2.45, 2.75) is 12.8 Å². The molecule has 2 aromatic heterocycles. The van der Waals surface area contributed by atoms with Gasteiger partial charge in [0.05, 0.1) is 22.8 Å². The zero-order valence-corrected chi connectivity index (χ0v) is 34.0. The Bertz CT molecular complexity index is 3240. The number of hydrogen-bond donors (Lipinski definition) is 0. The van der Waals surface area contributed by atoms with Crippen molar-refractivity contribution >= 4 is 27.1 Å². The Morgan fingerprint density at radius 2 is 0.661 bits per heavy atom. The van der Waals surface area contributed by atoms with E-state index in [0.29, 0.717) is 5.82 Å². The smallest absolute Gasteiger partial charge is 0.160 e. The molecule has 1 aliphatic rings. The van der Waals surface area contributed by atoms with Crippen LogP contribution in [0, 0.1) is 0 Å². The van der Waals surface area contributed by atoms with Crippen molar-refractivity contribution in [1.82, 2.24) is 19.9 Å². The molecule has 0 fully saturated rings. The zero-order valence-electron chi connectivity index (χ0n) is 34.0. The third-order valence-electron chi connectivity index (χ3n) is 11.8. The summed E-state index contributed by atoms with van der Waals surface area (Å²) >= 11 is 0. The summed E-state index contributed by atoms with van der Waals surface area (Å²) in [7, 11) is 0. The molecule has 0 amide bonds. The van der Waals surface area contributed by atoms with Crippen LogP contribution in [0.4, 0.5) is 0 Å². The average molecular weight is 793 g/mol. The lowest BCUT2D eigenvalue weighted by Crippen LogP contribution is -1.99. The fraction of sp³-hybridized carbons (Fsp3) is 0.0345. The summed E-state index contributed by atoms with van der Waals surface area (Å²) in [5, 5.41) is 4.88. The monoisotopic (exact) mass is 792 g/mol. The number of hydrogen-bond acceptors (Lipinski definition) is 4. The molecule has 4 nitrogen and oxygen atoms in total. The van der Waals surface area contributed by atoms with Gasteiger partial charge in [-0.1, -0.05) is 206 Å². The van der Waals surface area contributed by atoms with Gasteiger partial charge in [0, 0.05) is 27.8 Å². The predicted molar refractivity (Wildman–Crippen MR) is 257 cm³/mol. The lowest BCUT2D eigenvalue weighted by atomic mass is 9.84. The van der Waals surface area contributed by atoms with Crippen LogP contribution >= 0.6 is 0 Å². The maximum atomic E-state index is 5.14. The van der Waals surface area contributed by atoms with E-state index >= 15 is 0 Å². The molecule has 0 N–H and O–H groups in total. The fourth-order valence-electron chi connectivity index (χ4n) is 8.72. The molecule has 0 atom stereocenters. The predicted octanol–water partition coefficient (Wildman–Crippen LogP) is 15.0. The van der Waals surface area contributed by atoms with Gasteiger partial charge in [0.25, 0.3) is 0 Å². The van der Waals surface area contributed by atoms with Crippen molar-refractivity contribution in [1.29, 1.82) is 0 Å². The van der Waals surface area contributed by atoms with E-state index in [4.69, 9.17) is 19.9 Å². The van der Waals surface area contributed by atoms with E-state index in [1.165, 1.54) is 38.2 Å². The molecule has 0 unspecified atom stereocenters. The van der Waals surface area contributed by atoms with Crippen LogP contribution in [0.5, 0.6) is 0 Å². The highest BCUT2D eigenvalue weighted by atomic mass is 14.9. The van der Waals surface area contributed by atoms with Crippen LogP contribution in [0.3, 0.4) is 0 Å². The van der Waals surface area contributed by atoms with Crippen molar-refractivity contribution < 1.29 is 0 Å². The topological polar surface area (TPSA) is 51.6 Å². The highest BCUT2D eigenvalue weighted by Gasteiger charge is 2.19. The first-order chi connectivity index (χ1) is 30.7. The molecule has 11 rings (SSSR count). The SMILES string of the molecule is C1=CCCC(c2cc(-c3ccc(-c4c(-c5ccc(-c6cc(-c7ccccc7)nc(-c7ccccc7)n6)cc5)c5ccccc5c5ccccc45)cc3)nc(-c3ccccc3)n2)=C1. The first kappa shape index (κ1) is 37.0. The molecule has 10 aromatic rings. The molecule has 2 heterocycles. The van der Waals surface area contributed by atoms with Gasteiger partial charge in [-0.05, 0) is 74.3 Å². The molecule has 62 heavy (non-hydrogen) atoms. The summed E-state index contributed by atoms with van der Waals surface area (Å²) in [6.45, 7) is 0. The Kier molecular flexibility index (Phi) is 9.64. The summed E-state index contributed by atoms with van der Waals surface area (Å²) < 4.78 is 0. The number of allylic oxidation sites excluding steroid dienone is 4. The lowest BCUT2D eigenvalue weighted by molar-refractivity contribution is 1.03. The molecule has 0 spiro atoms. The molecule has 1 aliphatic carbocycles. The number of benzene rings is 8. The third-order valence-corrected chi connectivity index (χ3v) is 11.8. The first-order valence-electron chi connectivity index (χ1n) is 21.2. The van der Waals surface area contributed by atoms with Gasteiger partial charge in [-0.25, -0.2) is 19.9 Å². The van der Waals surface area contributed by atoms with Crippen molar-refractivity contribution in [3.63, 3.8) is 0 Å². The van der Waals surface area contributed by atoms with E-state index in [1.807, 2.05) is 42.5 Å². The highest BCUT2D eigenvalue weighted by molar-refractivity contribution is 6.21. The Labute approximate surface area is 361 Å². The van der Waals surface area contributed by atoms with Crippen LogP contribution in [0.15, 0.2) is 218 Å². The minimum absolute atomic E-state index is 0.704. The molecule has 0 aliphatic heterocycles. The second kappa shape index (κ2) is 16.2. The largest absolute Gasteiger partial charge is 0.228 e. The molecular formula is C58H40N4. The average Bonchev–Trinajstić information content (AvgIpc) is 3.37. The second-order valence-electron chi connectivity index (χ2n) is 15.7. The molecule has 0 radical (unpaired) electrons. The summed E-state index contributed by atoms with van der Waals surface area (Å²) in [6, 6.07) is 70.5. The van der Waals surface area contributed by atoms with Gasteiger partial charge < -0.3 is 0 Å². The maximum Gasteiger partial charge on any atom is 0.160 e. The quantitative estimate of drug-likeness (QED) is 0.144. The standard InChI is InChI=1S/C58H40N4/c1-5-17-39(18-6-1)51-37-53(61-57(59-51)45-21-9-3-10-22-45)41-29-33-43(34-30-41)55-49-27-15-13-25-47(49)48-26-14-16-28-50(48)56(55)44-35-31-42(32-36-44)54-38-52(40-19-7-2-8-20-40)60-58(62-54)46-23-11-4-12-24-46/h1-7,9-19,21-38H,8,20H2. The Balaban J connectivity index is 1.04. The minimum Gasteiger partial charge on any atom is -0.228 e. The fourth-order valence-corrected chi connectivity index (χ4v) is 8.72.